The van der Waals surface area contributed by atoms with E-state index in [9.17, 15) is 25.2 Å². The zero-order chi connectivity index (χ0) is 19.6. The van der Waals surface area contributed by atoms with Gasteiger partial charge in [0.05, 0.1) is 17.8 Å². The van der Waals surface area contributed by atoms with Crippen molar-refractivity contribution in [2.45, 2.75) is 12.5 Å². The Bertz CT molecular complexity index is 1000. The Morgan fingerprint density at radius 2 is 1.70 bits per heavy atom. The van der Waals surface area contributed by atoms with Crippen molar-refractivity contribution in [2.75, 3.05) is 5.01 Å². The lowest BCUT2D eigenvalue weighted by atomic mass is 9.81. The average molecular weight is 358 g/mol. The van der Waals surface area contributed by atoms with E-state index in [0.29, 0.717) is 5.69 Å². The van der Waals surface area contributed by atoms with Crippen molar-refractivity contribution in [1.82, 2.24) is 0 Å². The maximum absolute atomic E-state index is 12.9. The summed E-state index contributed by atoms with van der Waals surface area (Å²) in [5.41, 5.74) is -1.78. The van der Waals surface area contributed by atoms with Crippen LogP contribution in [0.15, 0.2) is 59.7 Å². The number of hydrazone groups is 1. The van der Waals surface area contributed by atoms with Crippen molar-refractivity contribution in [3.63, 3.8) is 0 Å². The Hall–Kier alpha value is -3.81. The summed E-state index contributed by atoms with van der Waals surface area (Å²) in [4.78, 5) is 25.8. The predicted octanol–water partition coefficient (Wildman–Crippen LogP) is 1.97. The summed E-state index contributed by atoms with van der Waals surface area (Å²) in [7, 11) is 0. The van der Waals surface area contributed by atoms with Crippen LogP contribution < -0.4 is 5.01 Å². The molecule has 0 bridgehead atoms. The minimum absolute atomic E-state index is 0.190. The Morgan fingerprint density at radius 3 is 2.26 bits per heavy atom. The number of benzene rings is 2. The highest BCUT2D eigenvalue weighted by Gasteiger charge is 2.58. The molecule has 0 unspecified atom stereocenters. The van der Waals surface area contributed by atoms with E-state index >= 15 is 0 Å². The number of carbonyl (C=O) groups excluding carboxylic acids is 2. The SMILES string of the molecule is Cc1ccc(C(=O)C2=NN(c3ccccc3)C(=O)[C@]2(O)C(C#N)C#N)cc1. The zero-order valence-corrected chi connectivity index (χ0v) is 14.3. The summed E-state index contributed by atoms with van der Waals surface area (Å²) in [6, 6.07) is 17.8. The number of nitriles is 2. The second kappa shape index (κ2) is 6.83. The van der Waals surface area contributed by atoms with Crippen LogP contribution >= 0.6 is 0 Å². The van der Waals surface area contributed by atoms with Crippen LogP contribution in [0.25, 0.3) is 0 Å². The van der Waals surface area contributed by atoms with Crippen LogP contribution in [0.5, 0.6) is 0 Å². The number of anilines is 1. The van der Waals surface area contributed by atoms with Crippen LogP contribution in [-0.4, -0.2) is 28.1 Å². The molecule has 3 rings (SSSR count). The van der Waals surface area contributed by atoms with E-state index in [1.807, 2.05) is 6.92 Å². The highest BCUT2D eigenvalue weighted by molar-refractivity contribution is 6.54. The van der Waals surface area contributed by atoms with E-state index in [2.05, 4.69) is 5.10 Å². The fourth-order valence-electron chi connectivity index (χ4n) is 2.76. The second-order valence-corrected chi connectivity index (χ2v) is 6.05. The van der Waals surface area contributed by atoms with Crippen LogP contribution in [0.4, 0.5) is 5.69 Å². The average Bonchev–Trinajstić information content (AvgIpc) is 2.95. The van der Waals surface area contributed by atoms with Gasteiger partial charge in [-0.25, -0.2) is 0 Å². The van der Waals surface area contributed by atoms with Gasteiger partial charge in [0.15, 0.2) is 11.6 Å². The van der Waals surface area contributed by atoms with Gasteiger partial charge in [-0.15, -0.1) is 0 Å². The molecule has 7 heteroatoms. The van der Waals surface area contributed by atoms with Gasteiger partial charge in [0.25, 0.3) is 5.91 Å². The van der Waals surface area contributed by atoms with Crippen LogP contribution in [0.1, 0.15) is 15.9 Å². The lowest BCUT2D eigenvalue weighted by Gasteiger charge is -2.23. The van der Waals surface area contributed by atoms with Crippen molar-refractivity contribution >= 4 is 23.1 Å². The topological polar surface area (TPSA) is 118 Å². The van der Waals surface area contributed by atoms with Crippen LogP contribution in [-0.2, 0) is 4.79 Å². The lowest BCUT2D eigenvalue weighted by molar-refractivity contribution is -0.130. The Kier molecular flexibility index (Phi) is 4.55. The molecule has 2 aromatic carbocycles. The number of hydrogen-bond donors (Lipinski definition) is 1. The maximum Gasteiger partial charge on any atom is 0.288 e. The molecule has 0 saturated carbocycles. The largest absolute Gasteiger partial charge is 0.372 e. The molecule has 132 valence electrons. The highest BCUT2D eigenvalue weighted by Crippen LogP contribution is 2.33. The first-order valence-electron chi connectivity index (χ1n) is 8.05. The van der Waals surface area contributed by atoms with Gasteiger partial charge >= 0.3 is 0 Å². The Balaban J connectivity index is 2.15. The molecule has 1 N–H and O–H groups in total. The molecule has 7 nitrogen and oxygen atoms in total. The van der Waals surface area contributed by atoms with Gasteiger partial charge in [-0.1, -0.05) is 48.0 Å². The van der Waals surface area contributed by atoms with E-state index in [-0.39, 0.29) is 5.56 Å². The van der Waals surface area contributed by atoms with E-state index in [0.717, 1.165) is 10.6 Å². The lowest BCUT2D eigenvalue weighted by Crippen LogP contribution is -2.54. The third kappa shape index (κ3) is 2.86. The predicted molar refractivity (Wildman–Crippen MR) is 96.5 cm³/mol. The van der Waals surface area contributed by atoms with Gasteiger partial charge in [-0.3, -0.25) is 9.59 Å². The molecule has 0 radical (unpaired) electrons. The third-order valence-electron chi connectivity index (χ3n) is 4.29. The normalized spacial score (nSPS) is 18.8. The standard InChI is InChI=1S/C20H14N4O3/c1-13-7-9-14(10-8-13)17(25)18-20(27,15(11-21)12-22)19(26)24(23-18)16-5-3-2-4-6-16/h2-10,15,27H,1H3/t20-/m0/s1. The first kappa shape index (κ1) is 18.0. The monoisotopic (exact) mass is 358 g/mol. The number of Topliss-reactive ketones (excluding diaryl/α,β-unsaturated/α-hetero) is 1. The third-order valence-corrected chi connectivity index (χ3v) is 4.29. The molecule has 1 aliphatic heterocycles. The zero-order valence-electron chi connectivity index (χ0n) is 14.3. The number of hydrogen-bond acceptors (Lipinski definition) is 6. The van der Waals surface area contributed by atoms with Crippen molar-refractivity contribution in [3.8, 4) is 12.1 Å². The number of ketones is 1. The van der Waals surface area contributed by atoms with E-state index in [1.165, 1.54) is 12.1 Å². The molecule has 0 aliphatic carbocycles. The van der Waals surface area contributed by atoms with Crippen LogP contribution in [0.2, 0.25) is 0 Å². The summed E-state index contributed by atoms with van der Waals surface area (Å²) in [6.45, 7) is 1.85. The maximum atomic E-state index is 12.9. The first-order chi connectivity index (χ1) is 12.9. The minimum Gasteiger partial charge on any atom is -0.372 e. The van der Waals surface area contributed by atoms with Crippen LogP contribution in [0.3, 0.4) is 0 Å². The number of carbonyl (C=O) groups is 2. The molecule has 0 aromatic heterocycles. The number of nitrogens with zero attached hydrogens (tertiary/aromatic N) is 4. The number of para-hydroxylation sites is 1. The molecule has 2 aromatic rings. The molecule has 1 amide bonds. The molecular weight excluding hydrogens is 344 g/mol. The fourth-order valence-corrected chi connectivity index (χ4v) is 2.76. The molecule has 1 heterocycles. The van der Waals surface area contributed by atoms with E-state index in [4.69, 9.17) is 0 Å². The first-order valence-corrected chi connectivity index (χ1v) is 8.05. The molecule has 0 spiro atoms. The quantitative estimate of drug-likeness (QED) is 0.839. The molecular formula is C20H14N4O3. The fraction of sp³-hybridized carbons (Fsp3) is 0.150. The van der Waals surface area contributed by atoms with Gasteiger partial charge in [0.1, 0.15) is 0 Å². The van der Waals surface area contributed by atoms with Crippen LogP contribution in [0, 0.1) is 35.5 Å². The Labute approximate surface area is 155 Å². The van der Waals surface area contributed by atoms with Gasteiger partial charge in [0, 0.05) is 5.56 Å². The second-order valence-electron chi connectivity index (χ2n) is 6.05. The van der Waals surface area contributed by atoms with Crippen molar-refractivity contribution in [1.29, 1.82) is 10.5 Å². The summed E-state index contributed by atoms with van der Waals surface area (Å²) < 4.78 is 0. The summed E-state index contributed by atoms with van der Waals surface area (Å²) in [6.07, 6.45) is 0. The van der Waals surface area contributed by atoms with Gasteiger partial charge in [-0.2, -0.15) is 20.6 Å². The number of aliphatic hydroxyl groups is 1. The number of rotatable bonds is 4. The van der Waals surface area contributed by atoms with E-state index < -0.39 is 28.9 Å². The van der Waals surface area contributed by atoms with E-state index in [1.54, 1.807) is 54.6 Å². The van der Waals surface area contributed by atoms with Crippen molar-refractivity contribution < 1.29 is 14.7 Å². The summed E-state index contributed by atoms with van der Waals surface area (Å²) in [5.74, 6) is -3.52. The van der Waals surface area contributed by atoms with Gasteiger partial charge in [0.2, 0.25) is 11.4 Å². The van der Waals surface area contributed by atoms with Crippen molar-refractivity contribution in [2.24, 2.45) is 11.0 Å². The highest BCUT2D eigenvalue weighted by atomic mass is 16.3. The molecule has 0 saturated heterocycles. The van der Waals surface area contributed by atoms with Crippen molar-refractivity contribution in [3.05, 3.63) is 65.7 Å². The van der Waals surface area contributed by atoms with Gasteiger partial charge in [-0.05, 0) is 19.1 Å². The molecule has 1 aliphatic rings. The molecule has 0 fully saturated rings. The number of amides is 1. The molecule has 1 atom stereocenters. The molecule has 27 heavy (non-hydrogen) atoms. The Morgan fingerprint density at radius 1 is 1.11 bits per heavy atom. The number of aryl methyl sites for hydroxylation is 1. The summed E-state index contributed by atoms with van der Waals surface area (Å²) in [5, 5.41) is 34.4. The van der Waals surface area contributed by atoms with Gasteiger partial charge < -0.3 is 5.11 Å². The minimum atomic E-state index is -2.65. The summed E-state index contributed by atoms with van der Waals surface area (Å²) >= 11 is 0. The smallest absolute Gasteiger partial charge is 0.288 e.